The highest BCUT2D eigenvalue weighted by Gasteiger charge is 2.14. The van der Waals surface area contributed by atoms with E-state index >= 15 is 0 Å². The Bertz CT molecular complexity index is 63.3. The SMILES string of the molecule is [B]OC(C(C)C)C(C)C. The first kappa shape index (κ1) is 9.02. The maximum Gasteiger partial charge on any atom is 0.283 e. The van der Waals surface area contributed by atoms with Crippen LogP contribution in [0.3, 0.4) is 0 Å². The Morgan fingerprint density at radius 2 is 1.33 bits per heavy atom. The van der Waals surface area contributed by atoms with Crippen LogP contribution in [0.5, 0.6) is 0 Å². The maximum absolute atomic E-state index is 5.07. The third kappa shape index (κ3) is 2.90. The summed E-state index contributed by atoms with van der Waals surface area (Å²) >= 11 is 0. The maximum atomic E-state index is 5.07. The Kier molecular flexibility index (Phi) is 3.95. The molecule has 0 aromatic heterocycles. The van der Waals surface area contributed by atoms with Gasteiger partial charge in [-0.05, 0) is 11.8 Å². The molecular formula is C7H15BO. The molecule has 0 saturated heterocycles. The van der Waals surface area contributed by atoms with E-state index in [1.54, 1.807) is 0 Å². The minimum atomic E-state index is 0.199. The minimum Gasteiger partial charge on any atom is -0.444 e. The molecule has 0 spiro atoms. The molecule has 0 aromatic rings. The highest BCUT2D eigenvalue weighted by molar-refractivity contribution is 5.98. The Morgan fingerprint density at radius 1 is 1.00 bits per heavy atom. The van der Waals surface area contributed by atoms with Crippen molar-refractivity contribution in [1.82, 2.24) is 0 Å². The van der Waals surface area contributed by atoms with Crippen molar-refractivity contribution in [2.75, 3.05) is 0 Å². The van der Waals surface area contributed by atoms with Gasteiger partial charge in [0.15, 0.2) is 0 Å². The minimum absolute atomic E-state index is 0.199. The zero-order valence-corrected chi connectivity index (χ0v) is 6.72. The third-order valence-corrected chi connectivity index (χ3v) is 1.47. The molecule has 0 heterocycles. The van der Waals surface area contributed by atoms with Gasteiger partial charge in [0.25, 0.3) is 8.05 Å². The summed E-state index contributed by atoms with van der Waals surface area (Å²) in [6, 6.07) is 0. The molecule has 0 aliphatic heterocycles. The highest BCUT2D eigenvalue weighted by atomic mass is 16.4. The van der Waals surface area contributed by atoms with Crippen molar-refractivity contribution in [3.05, 3.63) is 0 Å². The average molecular weight is 126 g/mol. The molecule has 0 aliphatic carbocycles. The van der Waals surface area contributed by atoms with Crippen LogP contribution >= 0.6 is 0 Å². The molecule has 52 valence electrons. The molecule has 0 aliphatic rings. The van der Waals surface area contributed by atoms with Crippen LogP contribution in [0.25, 0.3) is 0 Å². The smallest absolute Gasteiger partial charge is 0.283 e. The summed E-state index contributed by atoms with van der Waals surface area (Å²) in [5, 5.41) is 0. The van der Waals surface area contributed by atoms with E-state index in [1.165, 1.54) is 0 Å². The molecule has 1 nitrogen and oxygen atoms in total. The summed E-state index contributed by atoms with van der Waals surface area (Å²) in [5.41, 5.74) is 0. The van der Waals surface area contributed by atoms with E-state index in [-0.39, 0.29) is 6.10 Å². The van der Waals surface area contributed by atoms with Crippen molar-refractivity contribution in [2.24, 2.45) is 11.8 Å². The summed E-state index contributed by atoms with van der Waals surface area (Å²) in [6.45, 7) is 8.43. The van der Waals surface area contributed by atoms with Crippen molar-refractivity contribution in [3.63, 3.8) is 0 Å². The Balaban J connectivity index is 3.68. The molecule has 0 bridgehead atoms. The van der Waals surface area contributed by atoms with Crippen LogP contribution in [0.15, 0.2) is 0 Å². The van der Waals surface area contributed by atoms with E-state index in [0.29, 0.717) is 11.8 Å². The van der Waals surface area contributed by atoms with Gasteiger partial charge in [0.1, 0.15) is 0 Å². The van der Waals surface area contributed by atoms with E-state index in [1.807, 2.05) is 0 Å². The molecule has 0 aromatic carbocycles. The van der Waals surface area contributed by atoms with E-state index in [4.69, 9.17) is 12.7 Å². The molecule has 0 fully saturated rings. The summed E-state index contributed by atoms with van der Waals surface area (Å²) in [7, 11) is 5.07. The van der Waals surface area contributed by atoms with Crippen molar-refractivity contribution >= 4 is 8.05 Å². The average Bonchev–Trinajstić information content (AvgIpc) is 1.64. The van der Waals surface area contributed by atoms with Gasteiger partial charge < -0.3 is 4.65 Å². The van der Waals surface area contributed by atoms with Crippen LogP contribution in [0.4, 0.5) is 0 Å². The molecule has 0 N–H and O–H groups in total. The third-order valence-electron chi connectivity index (χ3n) is 1.47. The Labute approximate surface area is 59.2 Å². The van der Waals surface area contributed by atoms with Gasteiger partial charge in [-0.25, -0.2) is 0 Å². The van der Waals surface area contributed by atoms with Crippen LogP contribution in [0, 0.1) is 11.8 Å². The summed E-state index contributed by atoms with van der Waals surface area (Å²) in [4.78, 5) is 0. The summed E-state index contributed by atoms with van der Waals surface area (Å²) < 4.78 is 4.77. The lowest BCUT2D eigenvalue weighted by molar-refractivity contribution is 0.117. The molecule has 0 atom stereocenters. The topological polar surface area (TPSA) is 9.23 Å². The highest BCUT2D eigenvalue weighted by Crippen LogP contribution is 2.13. The van der Waals surface area contributed by atoms with Gasteiger partial charge in [-0.15, -0.1) is 0 Å². The zero-order valence-electron chi connectivity index (χ0n) is 6.72. The van der Waals surface area contributed by atoms with Crippen LogP contribution in [0.2, 0.25) is 0 Å². The molecule has 2 heteroatoms. The van der Waals surface area contributed by atoms with Crippen molar-refractivity contribution in [1.29, 1.82) is 0 Å². The number of rotatable bonds is 3. The quantitative estimate of drug-likeness (QED) is 0.523. The predicted molar refractivity (Wildman–Crippen MR) is 40.3 cm³/mol. The summed E-state index contributed by atoms with van der Waals surface area (Å²) in [5.74, 6) is 1.02. The normalized spacial score (nSPS) is 11.9. The van der Waals surface area contributed by atoms with Gasteiger partial charge in [-0.1, -0.05) is 27.7 Å². The van der Waals surface area contributed by atoms with E-state index in [0.717, 1.165) is 0 Å². The molecule has 0 unspecified atom stereocenters. The Morgan fingerprint density at radius 3 is 1.33 bits per heavy atom. The van der Waals surface area contributed by atoms with Gasteiger partial charge in [-0.2, -0.15) is 0 Å². The second-order valence-corrected chi connectivity index (χ2v) is 3.09. The van der Waals surface area contributed by atoms with Gasteiger partial charge in [-0.3, -0.25) is 0 Å². The second-order valence-electron chi connectivity index (χ2n) is 3.09. The van der Waals surface area contributed by atoms with E-state index in [9.17, 15) is 0 Å². The van der Waals surface area contributed by atoms with Gasteiger partial charge in [0.05, 0.1) is 0 Å². The molecular weight excluding hydrogens is 111 g/mol. The molecule has 0 saturated carbocycles. The van der Waals surface area contributed by atoms with Crippen LogP contribution < -0.4 is 0 Å². The van der Waals surface area contributed by atoms with Gasteiger partial charge >= 0.3 is 0 Å². The van der Waals surface area contributed by atoms with Crippen LogP contribution in [-0.2, 0) is 4.65 Å². The fraction of sp³-hybridized carbons (Fsp3) is 1.00. The first-order valence-electron chi connectivity index (χ1n) is 3.45. The number of hydrogen-bond donors (Lipinski definition) is 0. The largest absolute Gasteiger partial charge is 0.444 e. The molecule has 9 heavy (non-hydrogen) atoms. The van der Waals surface area contributed by atoms with Gasteiger partial charge in [0, 0.05) is 6.10 Å². The zero-order chi connectivity index (χ0) is 7.44. The second kappa shape index (κ2) is 3.94. The van der Waals surface area contributed by atoms with Crippen LogP contribution in [0.1, 0.15) is 27.7 Å². The van der Waals surface area contributed by atoms with Crippen molar-refractivity contribution in [3.8, 4) is 0 Å². The van der Waals surface area contributed by atoms with Crippen molar-refractivity contribution in [2.45, 2.75) is 33.8 Å². The standard InChI is InChI=1S/C7H15BO/c1-5(2)7(9-8)6(3)4/h5-7H,1-4H3. The summed E-state index contributed by atoms with van der Waals surface area (Å²) in [6.07, 6.45) is 0.199. The van der Waals surface area contributed by atoms with Crippen molar-refractivity contribution < 1.29 is 4.65 Å². The van der Waals surface area contributed by atoms with Crippen LogP contribution in [-0.4, -0.2) is 14.2 Å². The molecule has 2 radical (unpaired) electrons. The first-order valence-corrected chi connectivity index (χ1v) is 3.45. The number of hydrogen-bond acceptors (Lipinski definition) is 1. The Hall–Kier alpha value is 0.0249. The van der Waals surface area contributed by atoms with E-state index in [2.05, 4.69) is 27.7 Å². The van der Waals surface area contributed by atoms with E-state index < -0.39 is 0 Å². The molecule has 0 amide bonds. The monoisotopic (exact) mass is 126 g/mol. The fourth-order valence-electron chi connectivity index (χ4n) is 1.08. The van der Waals surface area contributed by atoms with Gasteiger partial charge in [0.2, 0.25) is 0 Å². The lowest BCUT2D eigenvalue weighted by Crippen LogP contribution is -2.24. The molecule has 0 rings (SSSR count). The lowest BCUT2D eigenvalue weighted by Gasteiger charge is -2.23. The predicted octanol–water partition coefficient (Wildman–Crippen LogP) is 1.77. The lowest BCUT2D eigenvalue weighted by atomic mass is 9.96. The fourth-order valence-corrected chi connectivity index (χ4v) is 1.08. The first-order chi connectivity index (χ1) is 4.09.